The average Bonchev–Trinajstić information content (AvgIpc) is 3.99. The van der Waals surface area contributed by atoms with E-state index in [0.717, 1.165) is 73.0 Å². The van der Waals surface area contributed by atoms with E-state index in [0.29, 0.717) is 40.2 Å². The summed E-state index contributed by atoms with van der Waals surface area (Å²) in [5.74, 6) is 1.29. The number of aromatic nitrogens is 9. The monoisotopic (exact) mass is 847 g/mol. The molecule has 0 spiro atoms. The van der Waals surface area contributed by atoms with Gasteiger partial charge in [0.2, 0.25) is 0 Å². The standard InChI is InChI=1S/C57H37N9/c1-6-20-38(21-7-1)43-34-45(51-53(40-24-10-3-11-25-40)65-32-18-16-30-49(65)60-51)58-47(36-43)56-62-55(42-28-14-5-15-29-42)63-57(64-56)48-37-44(39-22-8-2-9-23-39)35-46(59-48)52-54(41-26-12-4-13-27-41)66-33-19-17-31-50(66)61-52/h1-37H. The Morgan fingerprint density at radius 2 is 0.576 bits per heavy atom. The van der Waals surface area contributed by atoms with Crippen LogP contribution in [0.5, 0.6) is 0 Å². The molecule has 0 atom stereocenters. The third kappa shape index (κ3) is 7.16. The molecule has 0 aliphatic rings. The molecule has 0 N–H and O–H groups in total. The number of pyridine rings is 4. The second kappa shape index (κ2) is 16.5. The molecule has 0 fully saturated rings. The van der Waals surface area contributed by atoms with Crippen LogP contribution in [-0.4, -0.2) is 43.7 Å². The predicted octanol–water partition coefficient (Wildman–Crippen LogP) is 13.0. The molecule has 12 aromatic rings. The van der Waals surface area contributed by atoms with Crippen molar-refractivity contribution in [1.82, 2.24) is 43.7 Å². The van der Waals surface area contributed by atoms with Crippen molar-refractivity contribution in [3.05, 3.63) is 225 Å². The molecule has 12 rings (SSSR count). The third-order valence-corrected chi connectivity index (χ3v) is 11.6. The van der Waals surface area contributed by atoms with E-state index in [2.05, 4.69) is 69.5 Å². The van der Waals surface area contributed by atoms with E-state index in [-0.39, 0.29) is 0 Å². The van der Waals surface area contributed by atoms with Gasteiger partial charge in [-0.05, 0) is 70.8 Å². The van der Waals surface area contributed by atoms with Crippen molar-refractivity contribution in [2.75, 3.05) is 0 Å². The number of hydrogen-bond acceptors (Lipinski definition) is 7. The van der Waals surface area contributed by atoms with E-state index in [1.54, 1.807) is 0 Å². The summed E-state index contributed by atoms with van der Waals surface area (Å²) in [7, 11) is 0. The first-order valence-corrected chi connectivity index (χ1v) is 21.7. The summed E-state index contributed by atoms with van der Waals surface area (Å²) in [6.45, 7) is 0. The molecular formula is C57H37N9. The van der Waals surface area contributed by atoms with E-state index in [4.69, 9.17) is 34.9 Å². The van der Waals surface area contributed by atoms with Crippen LogP contribution in [-0.2, 0) is 0 Å². The summed E-state index contributed by atoms with van der Waals surface area (Å²) in [4.78, 5) is 36.8. The fraction of sp³-hybridized carbons (Fsp3) is 0. The number of hydrogen-bond donors (Lipinski definition) is 0. The van der Waals surface area contributed by atoms with Crippen LogP contribution in [0.4, 0.5) is 0 Å². The van der Waals surface area contributed by atoms with E-state index in [1.165, 1.54) is 0 Å². The minimum atomic E-state index is 0.397. The summed E-state index contributed by atoms with van der Waals surface area (Å²) >= 11 is 0. The van der Waals surface area contributed by atoms with E-state index >= 15 is 0 Å². The SMILES string of the molecule is c1ccc(-c2cc(-c3nc(-c4ccccc4)nc(-c4cc(-c5ccccc5)cc(-c5nc6ccccn6c5-c5ccccc5)n4)n3)nc(-c3nc4ccccn4c3-c3ccccc3)c2)cc1. The van der Waals surface area contributed by atoms with Gasteiger partial charge in [-0.15, -0.1) is 0 Å². The lowest BCUT2D eigenvalue weighted by atomic mass is 10.0. The molecule has 5 aromatic carbocycles. The zero-order valence-electron chi connectivity index (χ0n) is 35.4. The first-order chi connectivity index (χ1) is 32.7. The number of imidazole rings is 2. The molecule has 0 bridgehead atoms. The lowest BCUT2D eigenvalue weighted by molar-refractivity contribution is 1.05. The Morgan fingerprint density at radius 1 is 0.242 bits per heavy atom. The van der Waals surface area contributed by atoms with Crippen LogP contribution in [0.1, 0.15) is 0 Å². The second-order valence-corrected chi connectivity index (χ2v) is 15.9. The van der Waals surface area contributed by atoms with Crippen molar-refractivity contribution < 1.29 is 0 Å². The maximum Gasteiger partial charge on any atom is 0.182 e. The summed E-state index contributed by atoms with van der Waals surface area (Å²) in [6, 6.07) is 71.6. The number of fused-ring (bicyclic) bond motifs is 2. The summed E-state index contributed by atoms with van der Waals surface area (Å²) in [5.41, 5.74) is 14.3. The van der Waals surface area contributed by atoms with Gasteiger partial charge in [0.15, 0.2) is 17.5 Å². The van der Waals surface area contributed by atoms with E-state index in [1.807, 2.05) is 164 Å². The lowest BCUT2D eigenvalue weighted by Crippen LogP contribution is -2.04. The molecule has 66 heavy (non-hydrogen) atoms. The molecule has 7 heterocycles. The minimum absolute atomic E-state index is 0.397. The number of rotatable bonds is 9. The molecule has 0 saturated heterocycles. The highest BCUT2D eigenvalue weighted by molar-refractivity contribution is 5.86. The quantitative estimate of drug-likeness (QED) is 0.143. The molecule has 7 aromatic heterocycles. The average molecular weight is 848 g/mol. The van der Waals surface area contributed by atoms with Crippen molar-refractivity contribution in [2.24, 2.45) is 0 Å². The van der Waals surface area contributed by atoms with Gasteiger partial charge in [-0.2, -0.15) is 0 Å². The van der Waals surface area contributed by atoms with Gasteiger partial charge in [0.05, 0.1) is 22.8 Å². The Hall–Kier alpha value is -9.21. The van der Waals surface area contributed by atoms with Crippen LogP contribution in [0.2, 0.25) is 0 Å². The Labute approximate surface area is 380 Å². The maximum atomic E-state index is 5.39. The smallest absolute Gasteiger partial charge is 0.182 e. The normalized spacial score (nSPS) is 11.3. The Bertz CT molecular complexity index is 3460. The number of nitrogens with zero attached hydrogens (tertiary/aromatic N) is 9. The van der Waals surface area contributed by atoms with Crippen LogP contribution in [0.3, 0.4) is 0 Å². The molecule has 0 saturated carbocycles. The van der Waals surface area contributed by atoms with E-state index in [9.17, 15) is 0 Å². The first-order valence-electron chi connectivity index (χ1n) is 21.7. The molecule has 0 radical (unpaired) electrons. The molecular weight excluding hydrogens is 811 g/mol. The van der Waals surface area contributed by atoms with Crippen LogP contribution >= 0.6 is 0 Å². The van der Waals surface area contributed by atoms with Crippen molar-refractivity contribution in [3.8, 4) is 102 Å². The zero-order valence-corrected chi connectivity index (χ0v) is 35.4. The van der Waals surface area contributed by atoms with Crippen LogP contribution in [0, 0.1) is 0 Å². The highest BCUT2D eigenvalue weighted by Crippen LogP contribution is 2.38. The van der Waals surface area contributed by atoms with Crippen LogP contribution in [0.15, 0.2) is 225 Å². The van der Waals surface area contributed by atoms with Crippen LogP contribution in [0.25, 0.3) is 113 Å². The second-order valence-electron chi connectivity index (χ2n) is 15.9. The highest BCUT2D eigenvalue weighted by atomic mass is 15.1. The van der Waals surface area contributed by atoms with Gasteiger partial charge < -0.3 is 0 Å². The summed E-state index contributed by atoms with van der Waals surface area (Å²) in [5, 5.41) is 0. The third-order valence-electron chi connectivity index (χ3n) is 11.6. The van der Waals surface area contributed by atoms with Gasteiger partial charge in [0, 0.05) is 29.1 Å². The van der Waals surface area contributed by atoms with Crippen molar-refractivity contribution in [2.45, 2.75) is 0 Å². The largest absolute Gasteiger partial charge is 0.299 e. The van der Waals surface area contributed by atoms with Gasteiger partial charge in [0.25, 0.3) is 0 Å². The van der Waals surface area contributed by atoms with Crippen molar-refractivity contribution in [1.29, 1.82) is 0 Å². The Morgan fingerprint density at radius 3 is 0.985 bits per heavy atom. The molecule has 0 amide bonds. The molecule has 0 aliphatic carbocycles. The van der Waals surface area contributed by atoms with Crippen molar-refractivity contribution in [3.63, 3.8) is 0 Å². The fourth-order valence-corrected chi connectivity index (χ4v) is 8.54. The lowest BCUT2D eigenvalue weighted by Gasteiger charge is -2.13. The number of benzene rings is 5. The molecule has 9 heteroatoms. The maximum absolute atomic E-state index is 5.39. The Balaban J connectivity index is 1.11. The van der Waals surface area contributed by atoms with Crippen molar-refractivity contribution >= 4 is 11.3 Å². The summed E-state index contributed by atoms with van der Waals surface area (Å²) < 4.78 is 4.23. The molecule has 0 aliphatic heterocycles. The molecule has 0 unspecified atom stereocenters. The van der Waals surface area contributed by atoms with Gasteiger partial charge >= 0.3 is 0 Å². The zero-order chi connectivity index (χ0) is 43.8. The molecule has 310 valence electrons. The summed E-state index contributed by atoms with van der Waals surface area (Å²) in [6.07, 6.45) is 4.08. The highest BCUT2D eigenvalue weighted by Gasteiger charge is 2.23. The fourth-order valence-electron chi connectivity index (χ4n) is 8.54. The van der Waals surface area contributed by atoms with Gasteiger partial charge in [-0.3, -0.25) is 8.80 Å². The van der Waals surface area contributed by atoms with Gasteiger partial charge in [-0.1, -0.05) is 164 Å². The Kier molecular flexibility index (Phi) is 9.61. The first kappa shape index (κ1) is 38.5. The topological polar surface area (TPSA) is 99.0 Å². The predicted molar refractivity (Wildman–Crippen MR) is 262 cm³/mol. The van der Waals surface area contributed by atoms with E-state index < -0.39 is 0 Å². The van der Waals surface area contributed by atoms with Gasteiger partial charge in [-0.25, -0.2) is 34.9 Å². The van der Waals surface area contributed by atoms with Gasteiger partial charge in [0.1, 0.15) is 34.1 Å². The minimum Gasteiger partial charge on any atom is -0.299 e. The molecule has 9 nitrogen and oxygen atoms in total. The van der Waals surface area contributed by atoms with Crippen LogP contribution < -0.4 is 0 Å².